The number of rotatable bonds is 4. The first-order chi connectivity index (χ1) is 14.9. The highest BCUT2D eigenvalue weighted by atomic mass is 16.3. The summed E-state index contributed by atoms with van der Waals surface area (Å²) in [7, 11) is 0. The van der Waals surface area contributed by atoms with E-state index in [2.05, 4.69) is 84.9 Å². The van der Waals surface area contributed by atoms with Crippen LogP contribution in [0.4, 0.5) is 0 Å². The molecule has 0 radical (unpaired) electrons. The molecule has 1 heteroatoms. The molecule has 0 aliphatic carbocycles. The van der Waals surface area contributed by atoms with Gasteiger partial charge in [0, 0.05) is 5.56 Å². The van der Waals surface area contributed by atoms with Gasteiger partial charge in [0.15, 0.2) is 0 Å². The molecule has 0 spiro atoms. The number of hydrogen-bond donors (Lipinski definition) is 0. The molecule has 1 heterocycles. The second-order valence-electron chi connectivity index (χ2n) is 7.25. The summed E-state index contributed by atoms with van der Waals surface area (Å²) in [6.07, 6.45) is 0. The standard InChI is InChI=1S/C29H21O/c1-4-10-22(11-5-1)23-16-18-24(19-17-23)27-20-28(25-12-6-2-7-13-25)30-29(21-27)26-14-8-3-9-15-26/h1-21H/q+1. The van der Waals surface area contributed by atoms with Crippen LogP contribution in [0.1, 0.15) is 0 Å². The first-order valence-corrected chi connectivity index (χ1v) is 10.1. The Hall–Kier alpha value is -3.97. The summed E-state index contributed by atoms with van der Waals surface area (Å²) in [6.45, 7) is 0. The van der Waals surface area contributed by atoms with E-state index in [-0.39, 0.29) is 0 Å². The van der Waals surface area contributed by atoms with Gasteiger partial charge in [-0.1, -0.05) is 91.0 Å². The molecule has 0 amide bonds. The van der Waals surface area contributed by atoms with Gasteiger partial charge in [-0.05, 0) is 41.0 Å². The molecule has 0 unspecified atom stereocenters. The van der Waals surface area contributed by atoms with Gasteiger partial charge in [-0.15, -0.1) is 0 Å². The maximum atomic E-state index is 6.30. The van der Waals surface area contributed by atoms with Crippen molar-refractivity contribution >= 4 is 0 Å². The highest BCUT2D eigenvalue weighted by Crippen LogP contribution is 2.33. The summed E-state index contributed by atoms with van der Waals surface area (Å²) in [6, 6.07) is 43.9. The Morgan fingerprint density at radius 2 is 0.633 bits per heavy atom. The second-order valence-corrected chi connectivity index (χ2v) is 7.25. The van der Waals surface area contributed by atoms with Gasteiger partial charge < -0.3 is 0 Å². The van der Waals surface area contributed by atoms with Crippen molar-refractivity contribution in [2.75, 3.05) is 0 Å². The molecular formula is C29H21O+. The van der Waals surface area contributed by atoms with Gasteiger partial charge in [-0.2, -0.15) is 0 Å². The van der Waals surface area contributed by atoms with Crippen LogP contribution < -0.4 is 0 Å². The zero-order valence-corrected chi connectivity index (χ0v) is 16.5. The van der Waals surface area contributed by atoms with E-state index in [0.29, 0.717) is 0 Å². The first-order valence-electron chi connectivity index (χ1n) is 10.1. The molecule has 142 valence electrons. The molecule has 1 nitrogen and oxygen atoms in total. The molecule has 1 aromatic heterocycles. The lowest BCUT2D eigenvalue weighted by molar-refractivity contribution is 0.582. The van der Waals surface area contributed by atoms with Gasteiger partial charge in [0.25, 0.3) is 0 Å². The van der Waals surface area contributed by atoms with E-state index in [1.807, 2.05) is 42.5 Å². The van der Waals surface area contributed by atoms with E-state index in [1.54, 1.807) is 0 Å². The molecular weight excluding hydrogens is 364 g/mol. The average Bonchev–Trinajstić information content (AvgIpc) is 2.85. The predicted octanol–water partition coefficient (Wildman–Crippen LogP) is 8.23. The van der Waals surface area contributed by atoms with Crippen LogP contribution in [0.25, 0.3) is 44.9 Å². The van der Waals surface area contributed by atoms with Crippen molar-refractivity contribution in [3.05, 3.63) is 127 Å². The number of hydrogen-bond acceptors (Lipinski definition) is 0. The lowest BCUT2D eigenvalue weighted by atomic mass is 9.98. The quantitative estimate of drug-likeness (QED) is 0.284. The topological polar surface area (TPSA) is 11.3 Å². The third-order valence-corrected chi connectivity index (χ3v) is 5.24. The van der Waals surface area contributed by atoms with Crippen molar-refractivity contribution in [3.8, 4) is 44.9 Å². The maximum Gasteiger partial charge on any atom is 0.361 e. The monoisotopic (exact) mass is 385 g/mol. The minimum Gasteiger partial charge on any atom is -0.207 e. The SMILES string of the molecule is c1ccc(-c2ccc(-c3cc(-c4ccccc4)[o+]c(-c4ccccc4)c3)cc2)cc1. The van der Waals surface area contributed by atoms with Crippen LogP contribution >= 0.6 is 0 Å². The van der Waals surface area contributed by atoms with Gasteiger partial charge in [0.05, 0.1) is 23.3 Å². The first kappa shape index (κ1) is 18.1. The zero-order valence-electron chi connectivity index (χ0n) is 16.5. The lowest BCUT2D eigenvalue weighted by Crippen LogP contribution is -1.86. The summed E-state index contributed by atoms with van der Waals surface area (Å²) in [4.78, 5) is 0. The Bertz CT molecular complexity index is 1180. The Balaban J connectivity index is 1.60. The van der Waals surface area contributed by atoms with E-state index in [9.17, 15) is 0 Å². The summed E-state index contributed by atoms with van der Waals surface area (Å²) in [5, 5.41) is 0. The largest absolute Gasteiger partial charge is 0.361 e. The van der Waals surface area contributed by atoms with Crippen LogP contribution in [0, 0.1) is 0 Å². The smallest absolute Gasteiger partial charge is 0.207 e. The maximum absolute atomic E-state index is 6.30. The zero-order chi connectivity index (χ0) is 20.2. The molecule has 0 aliphatic rings. The van der Waals surface area contributed by atoms with E-state index in [1.165, 1.54) is 16.7 Å². The third-order valence-electron chi connectivity index (χ3n) is 5.24. The van der Waals surface area contributed by atoms with Crippen LogP contribution in [0.3, 0.4) is 0 Å². The normalized spacial score (nSPS) is 10.7. The fraction of sp³-hybridized carbons (Fsp3) is 0. The summed E-state index contributed by atoms with van der Waals surface area (Å²) in [5.41, 5.74) is 6.88. The second kappa shape index (κ2) is 8.18. The van der Waals surface area contributed by atoms with Crippen molar-refractivity contribution in [2.24, 2.45) is 0 Å². The fourth-order valence-corrected chi connectivity index (χ4v) is 3.64. The molecule has 0 aliphatic heterocycles. The molecule has 5 rings (SSSR count). The lowest BCUT2D eigenvalue weighted by Gasteiger charge is -2.05. The van der Waals surface area contributed by atoms with Crippen LogP contribution in [0.2, 0.25) is 0 Å². The van der Waals surface area contributed by atoms with Gasteiger partial charge in [0.1, 0.15) is 0 Å². The molecule has 30 heavy (non-hydrogen) atoms. The van der Waals surface area contributed by atoms with Crippen LogP contribution in [0.15, 0.2) is 132 Å². The van der Waals surface area contributed by atoms with Crippen molar-refractivity contribution < 1.29 is 4.42 Å². The van der Waals surface area contributed by atoms with E-state index in [0.717, 1.165) is 28.2 Å². The van der Waals surface area contributed by atoms with Gasteiger partial charge in [-0.25, -0.2) is 4.42 Å². The molecule has 0 atom stereocenters. The van der Waals surface area contributed by atoms with E-state index < -0.39 is 0 Å². The highest BCUT2D eigenvalue weighted by molar-refractivity contribution is 5.76. The van der Waals surface area contributed by atoms with E-state index >= 15 is 0 Å². The van der Waals surface area contributed by atoms with Crippen LogP contribution in [-0.4, -0.2) is 0 Å². The summed E-state index contributed by atoms with van der Waals surface area (Å²) in [5.74, 6) is 1.72. The minimum absolute atomic E-state index is 0.860. The van der Waals surface area contributed by atoms with Crippen molar-refractivity contribution in [2.45, 2.75) is 0 Å². The molecule has 4 aromatic carbocycles. The van der Waals surface area contributed by atoms with Gasteiger partial charge >= 0.3 is 11.5 Å². The van der Waals surface area contributed by atoms with Crippen molar-refractivity contribution in [3.63, 3.8) is 0 Å². The summed E-state index contributed by atoms with van der Waals surface area (Å²) >= 11 is 0. The molecule has 0 bridgehead atoms. The van der Waals surface area contributed by atoms with Crippen molar-refractivity contribution in [1.29, 1.82) is 0 Å². The molecule has 0 saturated heterocycles. The van der Waals surface area contributed by atoms with Gasteiger partial charge in [0.2, 0.25) is 0 Å². The average molecular weight is 385 g/mol. The summed E-state index contributed by atoms with van der Waals surface area (Å²) < 4.78 is 6.30. The molecule has 5 aromatic rings. The minimum atomic E-state index is 0.860. The molecule has 0 fully saturated rings. The van der Waals surface area contributed by atoms with Gasteiger partial charge in [-0.3, -0.25) is 0 Å². The Morgan fingerprint density at radius 1 is 0.300 bits per heavy atom. The Kier molecular flexibility index (Phi) is 4.93. The van der Waals surface area contributed by atoms with Crippen LogP contribution in [-0.2, 0) is 0 Å². The predicted molar refractivity (Wildman–Crippen MR) is 125 cm³/mol. The molecule has 0 N–H and O–H groups in total. The molecule has 0 saturated carbocycles. The van der Waals surface area contributed by atoms with E-state index in [4.69, 9.17) is 4.42 Å². The number of benzene rings is 4. The van der Waals surface area contributed by atoms with Crippen LogP contribution in [0.5, 0.6) is 0 Å². The Labute approximate surface area is 176 Å². The van der Waals surface area contributed by atoms with Crippen molar-refractivity contribution in [1.82, 2.24) is 0 Å². The third kappa shape index (κ3) is 3.78. The highest BCUT2D eigenvalue weighted by Gasteiger charge is 2.20. The Morgan fingerprint density at radius 3 is 1.07 bits per heavy atom. The fourth-order valence-electron chi connectivity index (χ4n) is 3.64.